The van der Waals surface area contributed by atoms with Gasteiger partial charge in [-0.05, 0) is 37.1 Å². The molecule has 3 aromatic rings. The third kappa shape index (κ3) is 5.26. The summed E-state index contributed by atoms with van der Waals surface area (Å²) in [6.45, 7) is 1.56. The van der Waals surface area contributed by atoms with Gasteiger partial charge >= 0.3 is 0 Å². The van der Waals surface area contributed by atoms with Crippen LogP contribution in [0.4, 0.5) is 10.9 Å². The summed E-state index contributed by atoms with van der Waals surface area (Å²) in [7, 11) is 0. The molecule has 0 radical (unpaired) electrons. The Labute approximate surface area is 182 Å². The van der Waals surface area contributed by atoms with Crippen molar-refractivity contribution in [1.29, 1.82) is 5.26 Å². The van der Waals surface area contributed by atoms with Gasteiger partial charge in [-0.2, -0.15) is 5.26 Å². The van der Waals surface area contributed by atoms with E-state index in [9.17, 15) is 9.59 Å². The number of carbonyl (C=O) groups excluding carboxylic acids is 2. The molecule has 3 aromatic heterocycles. The van der Waals surface area contributed by atoms with Crippen molar-refractivity contribution < 1.29 is 14.0 Å². The van der Waals surface area contributed by atoms with Crippen LogP contribution in [0.2, 0.25) is 0 Å². The molecule has 1 saturated heterocycles. The van der Waals surface area contributed by atoms with Crippen LogP contribution >= 0.6 is 11.3 Å². The number of nitrogens with one attached hydrogen (secondary N) is 2. The van der Waals surface area contributed by atoms with Crippen LogP contribution in [0.3, 0.4) is 0 Å². The Balaban J connectivity index is 1.23. The highest BCUT2D eigenvalue weighted by Gasteiger charge is 2.22. The number of thiazole rings is 1. The first-order valence-corrected chi connectivity index (χ1v) is 10.7. The summed E-state index contributed by atoms with van der Waals surface area (Å²) in [4.78, 5) is 35.2. The van der Waals surface area contributed by atoms with Gasteiger partial charge in [-0.1, -0.05) is 0 Å². The van der Waals surface area contributed by atoms with E-state index >= 15 is 0 Å². The number of rotatable bonds is 6. The number of nitriles is 1. The Bertz CT molecular complexity index is 1080. The second-order valence-electron chi connectivity index (χ2n) is 7.10. The standard InChI is InChI=1S/C21H20N6O3S/c22-11-14-3-4-18(23-12-14)27-7-5-15(6-8-27)24-19(28)10-16-13-31-21(25-16)26-20(29)17-2-1-9-30-17/h1-4,9,12-13,15H,5-8,10H2,(H,24,28)(H,25,26,29). The summed E-state index contributed by atoms with van der Waals surface area (Å²) in [5.74, 6) is 0.579. The minimum atomic E-state index is -0.376. The molecular formula is C21H20N6O3S. The predicted molar refractivity (Wildman–Crippen MR) is 115 cm³/mol. The van der Waals surface area contributed by atoms with Gasteiger partial charge < -0.3 is 14.6 Å². The topological polar surface area (TPSA) is 124 Å². The first-order chi connectivity index (χ1) is 15.1. The van der Waals surface area contributed by atoms with Gasteiger partial charge in [0.25, 0.3) is 5.91 Å². The molecule has 4 rings (SSSR count). The van der Waals surface area contributed by atoms with Crippen LogP contribution in [0, 0.1) is 11.3 Å². The van der Waals surface area contributed by atoms with E-state index in [2.05, 4.69) is 31.6 Å². The minimum absolute atomic E-state index is 0.0934. The second kappa shape index (κ2) is 9.40. The molecule has 158 valence electrons. The molecular weight excluding hydrogens is 416 g/mol. The molecule has 1 fully saturated rings. The van der Waals surface area contributed by atoms with Gasteiger partial charge in [-0.3, -0.25) is 14.9 Å². The number of hydrogen-bond donors (Lipinski definition) is 2. The molecule has 4 heterocycles. The summed E-state index contributed by atoms with van der Waals surface area (Å²) in [5, 5.41) is 16.8. The van der Waals surface area contributed by atoms with Crippen molar-refractivity contribution in [2.24, 2.45) is 0 Å². The third-order valence-electron chi connectivity index (χ3n) is 4.92. The number of carbonyl (C=O) groups is 2. The van der Waals surface area contributed by atoms with Crippen molar-refractivity contribution in [3.63, 3.8) is 0 Å². The van der Waals surface area contributed by atoms with Gasteiger partial charge in [-0.25, -0.2) is 9.97 Å². The van der Waals surface area contributed by atoms with Crippen LogP contribution < -0.4 is 15.5 Å². The largest absolute Gasteiger partial charge is 0.459 e. The summed E-state index contributed by atoms with van der Waals surface area (Å²) in [5.41, 5.74) is 1.15. The molecule has 9 nitrogen and oxygen atoms in total. The molecule has 0 unspecified atom stereocenters. The van der Waals surface area contributed by atoms with Crippen molar-refractivity contribution in [3.05, 3.63) is 59.1 Å². The summed E-state index contributed by atoms with van der Waals surface area (Å²) in [6.07, 6.45) is 4.79. The van der Waals surface area contributed by atoms with Gasteiger partial charge in [0.1, 0.15) is 11.9 Å². The zero-order valence-electron chi connectivity index (χ0n) is 16.6. The van der Waals surface area contributed by atoms with Gasteiger partial charge in [0.15, 0.2) is 10.9 Å². The number of piperidine rings is 1. The van der Waals surface area contributed by atoms with E-state index in [0.29, 0.717) is 16.4 Å². The molecule has 1 aliphatic heterocycles. The third-order valence-corrected chi connectivity index (χ3v) is 5.73. The fourth-order valence-electron chi connectivity index (χ4n) is 3.35. The van der Waals surface area contributed by atoms with Crippen LogP contribution in [0.1, 0.15) is 34.7 Å². The van der Waals surface area contributed by atoms with Gasteiger partial charge in [0, 0.05) is 30.7 Å². The lowest BCUT2D eigenvalue weighted by Crippen LogP contribution is -2.45. The van der Waals surface area contributed by atoms with Crippen molar-refractivity contribution in [2.75, 3.05) is 23.3 Å². The monoisotopic (exact) mass is 436 g/mol. The minimum Gasteiger partial charge on any atom is -0.459 e. The SMILES string of the molecule is N#Cc1ccc(N2CCC(NC(=O)Cc3csc(NC(=O)c4ccco4)n3)CC2)nc1. The highest BCUT2D eigenvalue weighted by atomic mass is 32.1. The van der Waals surface area contributed by atoms with Gasteiger partial charge in [0.2, 0.25) is 5.91 Å². The molecule has 0 bridgehead atoms. The number of pyridine rings is 1. The van der Waals surface area contributed by atoms with E-state index < -0.39 is 0 Å². The lowest BCUT2D eigenvalue weighted by Gasteiger charge is -2.33. The van der Waals surface area contributed by atoms with E-state index in [1.807, 2.05) is 6.07 Å². The first kappa shape index (κ1) is 20.6. The molecule has 0 spiro atoms. The average molecular weight is 436 g/mol. The number of hydrogen-bond acceptors (Lipinski definition) is 8. The molecule has 1 aliphatic rings. The highest BCUT2D eigenvalue weighted by Crippen LogP contribution is 2.19. The summed E-state index contributed by atoms with van der Waals surface area (Å²) in [6, 6.07) is 8.98. The fraction of sp³-hybridized carbons (Fsp3) is 0.286. The first-order valence-electron chi connectivity index (χ1n) is 9.80. The number of furan rings is 1. The quantitative estimate of drug-likeness (QED) is 0.608. The number of nitrogens with zero attached hydrogens (tertiary/aromatic N) is 4. The predicted octanol–water partition coefficient (Wildman–Crippen LogP) is 2.58. The fourth-order valence-corrected chi connectivity index (χ4v) is 4.05. The number of aromatic nitrogens is 2. The Hall–Kier alpha value is -3.71. The maximum absolute atomic E-state index is 12.4. The number of anilines is 2. The summed E-state index contributed by atoms with van der Waals surface area (Å²) < 4.78 is 5.05. The van der Waals surface area contributed by atoms with E-state index in [4.69, 9.17) is 9.68 Å². The molecule has 0 atom stereocenters. The van der Waals surface area contributed by atoms with Crippen LogP contribution in [0.5, 0.6) is 0 Å². The van der Waals surface area contributed by atoms with E-state index in [1.165, 1.54) is 17.6 Å². The second-order valence-corrected chi connectivity index (χ2v) is 7.96. The molecule has 0 aliphatic carbocycles. The lowest BCUT2D eigenvalue weighted by atomic mass is 10.0. The maximum atomic E-state index is 12.4. The molecule has 0 saturated carbocycles. The highest BCUT2D eigenvalue weighted by molar-refractivity contribution is 7.14. The van der Waals surface area contributed by atoms with Crippen LogP contribution in [-0.2, 0) is 11.2 Å². The Morgan fingerprint density at radius 3 is 2.81 bits per heavy atom. The Morgan fingerprint density at radius 1 is 1.29 bits per heavy atom. The van der Waals surface area contributed by atoms with Crippen molar-refractivity contribution in [1.82, 2.24) is 15.3 Å². The normalized spacial score (nSPS) is 14.1. The zero-order valence-corrected chi connectivity index (χ0v) is 17.4. The van der Waals surface area contributed by atoms with E-state index in [1.54, 1.807) is 29.8 Å². The Kier molecular flexibility index (Phi) is 6.24. The smallest absolute Gasteiger partial charge is 0.293 e. The molecule has 2 N–H and O–H groups in total. The van der Waals surface area contributed by atoms with E-state index in [-0.39, 0.29) is 30.0 Å². The van der Waals surface area contributed by atoms with Crippen molar-refractivity contribution in [2.45, 2.75) is 25.3 Å². The molecule has 31 heavy (non-hydrogen) atoms. The Morgan fingerprint density at radius 2 is 2.13 bits per heavy atom. The van der Waals surface area contributed by atoms with Gasteiger partial charge in [0.05, 0.1) is 23.9 Å². The van der Waals surface area contributed by atoms with Crippen LogP contribution in [0.15, 0.2) is 46.5 Å². The zero-order chi connectivity index (χ0) is 21.6. The molecule has 0 aromatic carbocycles. The number of amides is 2. The maximum Gasteiger partial charge on any atom is 0.293 e. The molecule has 2 amide bonds. The van der Waals surface area contributed by atoms with Crippen molar-refractivity contribution >= 4 is 34.1 Å². The van der Waals surface area contributed by atoms with Crippen LogP contribution in [-0.4, -0.2) is 40.9 Å². The van der Waals surface area contributed by atoms with Crippen molar-refractivity contribution in [3.8, 4) is 6.07 Å². The van der Waals surface area contributed by atoms with Crippen LogP contribution in [0.25, 0.3) is 0 Å². The summed E-state index contributed by atoms with van der Waals surface area (Å²) >= 11 is 1.27. The van der Waals surface area contributed by atoms with E-state index in [0.717, 1.165) is 31.7 Å². The van der Waals surface area contributed by atoms with Gasteiger partial charge in [-0.15, -0.1) is 11.3 Å². The average Bonchev–Trinajstić information content (AvgIpc) is 3.47. The lowest BCUT2D eigenvalue weighted by molar-refractivity contribution is -0.121. The molecule has 10 heteroatoms.